The molecule has 1 aromatic heterocycles. The summed E-state index contributed by atoms with van der Waals surface area (Å²) < 4.78 is 16.7. The van der Waals surface area contributed by atoms with E-state index in [4.69, 9.17) is 14.2 Å². The molecular formula is C22H29N5O4. The Morgan fingerprint density at radius 1 is 1.06 bits per heavy atom. The van der Waals surface area contributed by atoms with Crippen LogP contribution in [0.1, 0.15) is 16.1 Å². The SMILES string of the molecule is Cc1cccc(NC(=O)c2cc(OCCN3CCOCC3)nc(N3CCOCC3)n2)c1. The van der Waals surface area contributed by atoms with Crippen LogP contribution in [0.25, 0.3) is 0 Å². The van der Waals surface area contributed by atoms with Crippen LogP contribution in [0.2, 0.25) is 0 Å². The summed E-state index contributed by atoms with van der Waals surface area (Å²) in [5.41, 5.74) is 2.08. The smallest absolute Gasteiger partial charge is 0.274 e. The molecule has 9 heteroatoms. The molecule has 31 heavy (non-hydrogen) atoms. The summed E-state index contributed by atoms with van der Waals surface area (Å²) in [7, 11) is 0. The minimum atomic E-state index is -0.291. The zero-order valence-electron chi connectivity index (χ0n) is 17.9. The van der Waals surface area contributed by atoms with E-state index in [9.17, 15) is 4.79 Å². The zero-order valence-corrected chi connectivity index (χ0v) is 17.9. The summed E-state index contributed by atoms with van der Waals surface area (Å²) in [5, 5.41) is 2.91. The van der Waals surface area contributed by atoms with E-state index in [-0.39, 0.29) is 11.6 Å². The number of aromatic nitrogens is 2. The first-order valence-electron chi connectivity index (χ1n) is 10.7. The Balaban J connectivity index is 1.48. The van der Waals surface area contributed by atoms with Gasteiger partial charge >= 0.3 is 0 Å². The molecule has 1 aromatic carbocycles. The Kier molecular flexibility index (Phi) is 7.29. The van der Waals surface area contributed by atoms with Crippen LogP contribution in [-0.4, -0.2) is 86.5 Å². The molecule has 0 atom stereocenters. The Hall–Kier alpha value is -2.75. The molecule has 9 nitrogen and oxygen atoms in total. The van der Waals surface area contributed by atoms with Gasteiger partial charge in [0.25, 0.3) is 5.91 Å². The molecular weight excluding hydrogens is 398 g/mol. The first-order valence-corrected chi connectivity index (χ1v) is 10.7. The quantitative estimate of drug-likeness (QED) is 0.713. The maximum absolute atomic E-state index is 12.9. The van der Waals surface area contributed by atoms with Gasteiger partial charge in [-0.2, -0.15) is 4.98 Å². The third-order valence-corrected chi connectivity index (χ3v) is 5.25. The number of rotatable bonds is 7. The Labute approximate surface area is 182 Å². The predicted molar refractivity (Wildman–Crippen MR) is 117 cm³/mol. The van der Waals surface area contributed by atoms with Crippen molar-refractivity contribution in [3.63, 3.8) is 0 Å². The zero-order chi connectivity index (χ0) is 21.5. The van der Waals surface area contributed by atoms with Gasteiger partial charge in [-0.25, -0.2) is 4.98 Å². The van der Waals surface area contributed by atoms with Crippen LogP contribution in [0.3, 0.4) is 0 Å². The summed E-state index contributed by atoms with van der Waals surface area (Å²) in [6.45, 7) is 9.11. The largest absolute Gasteiger partial charge is 0.476 e. The van der Waals surface area contributed by atoms with Gasteiger partial charge in [0.2, 0.25) is 11.8 Å². The van der Waals surface area contributed by atoms with E-state index >= 15 is 0 Å². The molecule has 2 fully saturated rings. The predicted octanol–water partition coefficient (Wildman–Crippen LogP) is 1.58. The van der Waals surface area contributed by atoms with E-state index in [1.54, 1.807) is 6.07 Å². The monoisotopic (exact) mass is 427 g/mol. The fraction of sp³-hybridized carbons (Fsp3) is 0.500. The number of carbonyl (C=O) groups excluding carboxylic acids is 1. The van der Waals surface area contributed by atoms with Gasteiger partial charge in [-0.1, -0.05) is 12.1 Å². The minimum absolute atomic E-state index is 0.277. The number of hydrogen-bond acceptors (Lipinski definition) is 8. The molecule has 166 valence electrons. The summed E-state index contributed by atoms with van der Waals surface area (Å²) in [5.74, 6) is 0.598. The van der Waals surface area contributed by atoms with Gasteiger partial charge in [-0.05, 0) is 24.6 Å². The Bertz CT molecular complexity index is 882. The van der Waals surface area contributed by atoms with Gasteiger partial charge in [-0.15, -0.1) is 0 Å². The second-order valence-electron chi connectivity index (χ2n) is 7.62. The standard InChI is InChI=1S/C22H29N5O4/c1-17-3-2-4-18(15-17)23-21(28)19-16-20(31-14-7-26-5-10-29-11-6-26)25-22(24-19)27-8-12-30-13-9-27/h2-4,15-16H,5-14H2,1H3,(H,23,28). The van der Waals surface area contributed by atoms with Gasteiger partial charge in [0.1, 0.15) is 12.3 Å². The molecule has 2 saturated heterocycles. The number of carbonyl (C=O) groups is 1. The van der Waals surface area contributed by atoms with Crippen LogP contribution in [0.4, 0.5) is 11.6 Å². The molecule has 2 aromatic rings. The third-order valence-electron chi connectivity index (χ3n) is 5.25. The van der Waals surface area contributed by atoms with Crippen molar-refractivity contribution in [3.05, 3.63) is 41.6 Å². The normalized spacial score (nSPS) is 17.4. The fourth-order valence-electron chi connectivity index (χ4n) is 3.53. The van der Waals surface area contributed by atoms with Crippen LogP contribution in [0.5, 0.6) is 5.88 Å². The van der Waals surface area contributed by atoms with E-state index in [0.29, 0.717) is 44.7 Å². The highest BCUT2D eigenvalue weighted by molar-refractivity contribution is 6.03. The van der Waals surface area contributed by atoms with Crippen molar-refractivity contribution in [1.29, 1.82) is 0 Å². The molecule has 2 aliphatic heterocycles. The van der Waals surface area contributed by atoms with Crippen LogP contribution >= 0.6 is 0 Å². The van der Waals surface area contributed by atoms with Gasteiger partial charge < -0.3 is 24.4 Å². The van der Waals surface area contributed by atoms with Crippen molar-refractivity contribution >= 4 is 17.5 Å². The van der Waals surface area contributed by atoms with Crippen molar-refractivity contribution in [2.24, 2.45) is 0 Å². The summed E-state index contributed by atoms with van der Waals surface area (Å²) in [6.07, 6.45) is 0. The Morgan fingerprint density at radius 2 is 1.81 bits per heavy atom. The number of hydrogen-bond donors (Lipinski definition) is 1. The van der Waals surface area contributed by atoms with Gasteiger partial charge in [0, 0.05) is 44.5 Å². The van der Waals surface area contributed by atoms with E-state index in [1.807, 2.05) is 36.1 Å². The Morgan fingerprint density at radius 3 is 2.55 bits per heavy atom. The number of benzene rings is 1. The lowest BCUT2D eigenvalue weighted by Gasteiger charge is -2.27. The number of morpholine rings is 2. The molecule has 4 rings (SSSR count). The van der Waals surface area contributed by atoms with Gasteiger partial charge in [-0.3, -0.25) is 9.69 Å². The average molecular weight is 428 g/mol. The van der Waals surface area contributed by atoms with Crippen molar-refractivity contribution in [2.45, 2.75) is 6.92 Å². The lowest BCUT2D eigenvalue weighted by Crippen LogP contribution is -2.39. The average Bonchev–Trinajstić information content (AvgIpc) is 2.80. The second-order valence-corrected chi connectivity index (χ2v) is 7.62. The van der Waals surface area contributed by atoms with E-state index in [1.165, 1.54) is 0 Å². The molecule has 0 aliphatic carbocycles. The number of aryl methyl sites for hydroxylation is 1. The highest BCUT2D eigenvalue weighted by Gasteiger charge is 2.19. The maximum atomic E-state index is 12.9. The van der Waals surface area contributed by atoms with Gasteiger partial charge in [0.15, 0.2) is 0 Å². The molecule has 0 unspecified atom stereocenters. The molecule has 3 heterocycles. The summed E-state index contributed by atoms with van der Waals surface area (Å²) in [4.78, 5) is 26.3. The van der Waals surface area contributed by atoms with Crippen molar-refractivity contribution < 1.29 is 19.0 Å². The van der Waals surface area contributed by atoms with E-state index in [0.717, 1.165) is 44.1 Å². The van der Waals surface area contributed by atoms with Crippen LogP contribution in [0.15, 0.2) is 30.3 Å². The highest BCUT2D eigenvalue weighted by Crippen LogP contribution is 2.19. The van der Waals surface area contributed by atoms with Crippen molar-refractivity contribution in [3.8, 4) is 5.88 Å². The molecule has 0 saturated carbocycles. The number of ether oxygens (including phenoxy) is 3. The van der Waals surface area contributed by atoms with Crippen molar-refractivity contribution in [2.75, 3.05) is 76.0 Å². The number of anilines is 2. The molecule has 0 bridgehead atoms. The molecule has 0 spiro atoms. The van der Waals surface area contributed by atoms with Gasteiger partial charge in [0.05, 0.1) is 26.4 Å². The third kappa shape index (κ3) is 6.13. The topological polar surface area (TPSA) is 89.0 Å². The lowest BCUT2D eigenvalue weighted by molar-refractivity contribution is 0.0320. The van der Waals surface area contributed by atoms with Crippen LogP contribution in [0, 0.1) is 6.92 Å². The van der Waals surface area contributed by atoms with Crippen molar-refractivity contribution in [1.82, 2.24) is 14.9 Å². The summed E-state index contributed by atoms with van der Waals surface area (Å²) >= 11 is 0. The number of nitrogens with zero attached hydrogens (tertiary/aromatic N) is 4. The second kappa shape index (κ2) is 10.5. The fourth-order valence-corrected chi connectivity index (χ4v) is 3.53. The molecule has 1 amide bonds. The minimum Gasteiger partial charge on any atom is -0.476 e. The lowest BCUT2D eigenvalue weighted by atomic mass is 10.2. The van der Waals surface area contributed by atoms with E-state index in [2.05, 4.69) is 20.2 Å². The van der Waals surface area contributed by atoms with Crippen LogP contribution in [-0.2, 0) is 9.47 Å². The molecule has 1 N–H and O–H groups in total. The van der Waals surface area contributed by atoms with E-state index < -0.39 is 0 Å². The molecule has 2 aliphatic rings. The number of amides is 1. The molecule has 0 radical (unpaired) electrons. The first kappa shape index (κ1) is 21.5. The number of nitrogens with one attached hydrogen (secondary N) is 1. The first-order chi connectivity index (χ1) is 15.2. The highest BCUT2D eigenvalue weighted by atomic mass is 16.5. The summed E-state index contributed by atoms with van der Waals surface area (Å²) in [6, 6.07) is 9.27. The van der Waals surface area contributed by atoms with Crippen LogP contribution < -0.4 is 15.0 Å². The maximum Gasteiger partial charge on any atom is 0.274 e.